The topological polar surface area (TPSA) is 137 Å². The fourth-order valence-corrected chi connectivity index (χ4v) is 2.41. The second-order valence-electron chi connectivity index (χ2n) is 3.28. The summed E-state index contributed by atoms with van der Waals surface area (Å²) in [4.78, 5) is 21.1. The lowest BCUT2D eigenvalue weighted by Crippen LogP contribution is -2.34. The van der Waals surface area contributed by atoms with Crippen molar-refractivity contribution in [2.75, 3.05) is 0 Å². The monoisotopic (exact) mass is 264 g/mol. The van der Waals surface area contributed by atoms with Gasteiger partial charge in [-0.25, -0.2) is 0 Å². The summed E-state index contributed by atoms with van der Waals surface area (Å²) in [6.45, 7) is 0. The fourth-order valence-electron chi connectivity index (χ4n) is 1.45. The third-order valence-corrected chi connectivity index (χ3v) is 3.37. The highest BCUT2D eigenvalue weighted by Crippen LogP contribution is 2.31. The molecule has 0 aliphatic carbocycles. The summed E-state index contributed by atoms with van der Waals surface area (Å²) in [5, 5.41) is 30.9. The van der Waals surface area contributed by atoms with Crippen LogP contribution in [0.5, 0.6) is 0 Å². The molecule has 0 aliphatic heterocycles. The Kier molecular flexibility index (Phi) is 2.57. The number of nitro groups is 1. The molecule has 18 heavy (non-hydrogen) atoms. The lowest BCUT2D eigenvalue weighted by Gasteiger charge is -1.95. The van der Waals surface area contributed by atoms with Gasteiger partial charge in [-0.1, -0.05) is 0 Å². The Balaban J connectivity index is 2.93. The Morgan fingerprint density at radius 3 is 2.72 bits per heavy atom. The van der Waals surface area contributed by atoms with Gasteiger partial charge in [-0.3, -0.25) is 14.9 Å². The van der Waals surface area contributed by atoms with Gasteiger partial charge in [-0.2, -0.15) is 5.26 Å². The van der Waals surface area contributed by atoms with Crippen molar-refractivity contribution in [3.8, 4) is 6.07 Å². The van der Waals surface area contributed by atoms with E-state index in [4.69, 9.17) is 11.0 Å². The van der Waals surface area contributed by atoms with Crippen LogP contribution < -0.4 is 10.5 Å². The molecule has 2 rings (SSSR count). The number of amides is 1. The van der Waals surface area contributed by atoms with Gasteiger partial charge in [0.1, 0.15) is 0 Å². The summed E-state index contributed by atoms with van der Waals surface area (Å²) < 4.78 is 0.221. The molecule has 0 spiro atoms. The molecule has 0 aliphatic rings. The van der Waals surface area contributed by atoms with Crippen molar-refractivity contribution >= 4 is 33.1 Å². The number of non-ortho nitro benzene ring substituents is 1. The van der Waals surface area contributed by atoms with Crippen LogP contribution in [0, 0.1) is 26.7 Å². The number of benzene rings is 1. The summed E-state index contributed by atoms with van der Waals surface area (Å²) in [7, 11) is 0. The van der Waals surface area contributed by atoms with E-state index >= 15 is 0 Å². The van der Waals surface area contributed by atoms with Gasteiger partial charge in [-0.15, -0.1) is 4.73 Å². The first-order valence-electron chi connectivity index (χ1n) is 4.50. The molecule has 8 nitrogen and oxygen atoms in total. The van der Waals surface area contributed by atoms with E-state index in [-0.39, 0.29) is 25.5 Å². The number of fused-ring (bicyclic) bond motifs is 1. The van der Waals surface area contributed by atoms with E-state index in [0.29, 0.717) is 11.3 Å². The number of nitrogens with two attached hydrogens (primary N) is 1. The van der Waals surface area contributed by atoms with E-state index in [0.717, 1.165) is 6.07 Å². The normalized spacial score (nSPS) is 10.2. The van der Waals surface area contributed by atoms with Crippen LogP contribution in [0.25, 0.3) is 10.2 Å². The number of thiazole rings is 1. The lowest BCUT2D eigenvalue weighted by atomic mass is 10.2. The minimum atomic E-state index is -0.973. The summed E-state index contributed by atoms with van der Waals surface area (Å²) in [6, 6.07) is 3.94. The maximum Gasteiger partial charge on any atom is 0.339 e. The highest BCUT2D eigenvalue weighted by molar-refractivity contribution is 7.20. The van der Waals surface area contributed by atoms with Crippen LogP contribution >= 0.6 is 11.3 Å². The molecule has 0 atom stereocenters. The molecule has 1 amide bonds. The molecular weight excluding hydrogens is 260 g/mol. The molecule has 0 radical (unpaired) electrons. The van der Waals surface area contributed by atoms with Crippen LogP contribution in [0.3, 0.4) is 0 Å². The van der Waals surface area contributed by atoms with E-state index in [1.807, 2.05) is 0 Å². The second-order valence-corrected chi connectivity index (χ2v) is 4.28. The molecule has 0 bridgehead atoms. The number of carbonyl (C=O) groups excluding carboxylic acids is 1. The minimum Gasteiger partial charge on any atom is -0.617 e. The third-order valence-electron chi connectivity index (χ3n) is 2.19. The average molecular weight is 264 g/mol. The second kappa shape index (κ2) is 3.94. The summed E-state index contributed by atoms with van der Waals surface area (Å²) >= 11 is 0.631. The number of nitrogens with zero attached hydrogens (tertiary/aromatic N) is 3. The minimum absolute atomic E-state index is 0.0165. The maximum absolute atomic E-state index is 11.7. The predicted molar refractivity (Wildman–Crippen MR) is 60.7 cm³/mol. The molecule has 2 N–H and O–H groups in total. The molecule has 0 saturated carbocycles. The number of rotatable bonds is 2. The van der Waals surface area contributed by atoms with Gasteiger partial charge in [0.05, 0.1) is 16.6 Å². The first kappa shape index (κ1) is 11.7. The number of nitriles is 1. The van der Waals surface area contributed by atoms with Crippen molar-refractivity contribution < 1.29 is 14.4 Å². The standard InChI is InChI=1S/C9H4N4O4S/c10-3-4-1-5-7(6(2-4)13(16)17)18-9(8(11)14)12(5)15/h1-2H,(H2,11,14). The first-order chi connectivity index (χ1) is 8.45. The SMILES string of the molecule is N#Cc1cc([N+](=O)[O-])c2sc(C(N)=O)[n+]([O-])c2c1. The van der Waals surface area contributed by atoms with Crippen LogP contribution in [0.4, 0.5) is 5.69 Å². The van der Waals surface area contributed by atoms with Crippen LogP contribution in [-0.4, -0.2) is 10.8 Å². The first-order valence-corrected chi connectivity index (χ1v) is 5.31. The Morgan fingerprint density at radius 1 is 1.56 bits per heavy atom. The predicted octanol–water partition coefficient (Wildman–Crippen LogP) is 0.413. The summed E-state index contributed by atoms with van der Waals surface area (Å²) in [6.07, 6.45) is 0. The third kappa shape index (κ3) is 1.61. The van der Waals surface area contributed by atoms with Crippen LogP contribution in [-0.2, 0) is 0 Å². The van der Waals surface area contributed by atoms with Gasteiger partial charge in [0.25, 0.3) is 5.69 Å². The van der Waals surface area contributed by atoms with Crippen molar-refractivity contribution in [1.29, 1.82) is 5.26 Å². The molecule has 2 aromatic rings. The molecule has 0 unspecified atom stereocenters. The molecular formula is C9H4N4O4S. The maximum atomic E-state index is 11.7. The number of primary amides is 1. The van der Waals surface area contributed by atoms with Crippen LogP contribution in [0.2, 0.25) is 0 Å². The van der Waals surface area contributed by atoms with Gasteiger partial charge < -0.3 is 10.9 Å². The zero-order valence-corrected chi connectivity index (χ0v) is 9.43. The number of hydrogen-bond acceptors (Lipinski definition) is 6. The summed E-state index contributed by atoms with van der Waals surface area (Å²) in [5.41, 5.74) is 4.45. The summed E-state index contributed by atoms with van der Waals surface area (Å²) in [5.74, 6) is -0.973. The lowest BCUT2D eigenvalue weighted by molar-refractivity contribution is -0.574. The average Bonchev–Trinajstić information content (AvgIpc) is 2.65. The zero-order valence-electron chi connectivity index (χ0n) is 8.61. The Bertz CT molecular complexity index is 730. The highest BCUT2D eigenvalue weighted by atomic mass is 32.1. The van der Waals surface area contributed by atoms with Gasteiger partial charge in [0.2, 0.25) is 5.52 Å². The Morgan fingerprint density at radius 2 is 2.22 bits per heavy atom. The quantitative estimate of drug-likeness (QED) is 0.362. The van der Waals surface area contributed by atoms with Crippen LogP contribution in [0.15, 0.2) is 12.1 Å². The number of carbonyl (C=O) groups is 1. The largest absolute Gasteiger partial charge is 0.617 e. The van der Waals surface area contributed by atoms with E-state index < -0.39 is 16.5 Å². The Labute approximate surface area is 103 Å². The zero-order chi connectivity index (χ0) is 13.4. The van der Waals surface area contributed by atoms with E-state index in [1.54, 1.807) is 6.07 Å². The molecule has 1 heterocycles. The molecule has 0 fully saturated rings. The van der Waals surface area contributed by atoms with E-state index in [1.165, 1.54) is 6.07 Å². The molecule has 90 valence electrons. The molecule has 1 aromatic carbocycles. The van der Waals surface area contributed by atoms with Gasteiger partial charge in [0.15, 0.2) is 4.70 Å². The van der Waals surface area contributed by atoms with E-state index in [2.05, 4.69) is 0 Å². The molecule has 1 aromatic heterocycles. The molecule has 0 saturated heterocycles. The van der Waals surface area contributed by atoms with Gasteiger partial charge >= 0.3 is 10.9 Å². The van der Waals surface area contributed by atoms with Crippen molar-refractivity contribution in [3.05, 3.63) is 38.0 Å². The van der Waals surface area contributed by atoms with Crippen LogP contribution in [0.1, 0.15) is 15.4 Å². The number of hydrogen-bond donors (Lipinski definition) is 1. The fraction of sp³-hybridized carbons (Fsp3) is 0. The smallest absolute Gasteiger partial charge is 0.339 e. The van der Waals surface area contributed by atoms with E-state index in [9.17, 15) is 20.1 Å². The van der Waals surface area contributed by atoms with Gasteiger partial charge in [0, 0.05) is 12.1 Å². The Hall–Kier alpha value is -2.73. The van der Waals surface area contributed by atoms with Gasteiger partial charge in [-0.05, 0) is 11.3 Å². The van der Waals surface area contributed by atoms with Crippen molar-refractivity contribution in [2.45, 2.75) is 0 Å². The number of nitro benzene ring substituents is 1. The van der Waals surface area contributed by atoms with Crippen molar-refractivity contribution in [2.24, 2.45) is 5.73 Å². The van der Waals surface area contributed by atoms with Crippen molar-refractivity contribution in [1.82, 2.24) is 0 Å². The number of aromatic nitrogens is 1. The van der Waals surface area contributed by atoms with Crippen molar-refractivity contribution in [3.63, 3.8) is 0 Å². The highest BCUT2D eigenvalue weighted by Gasteiger charge is 2.28. The molecule has 9 heteroatoms.